The largest absolute Gasteiger partial charge is 0.309 e. The number of nitro groups is 1. The molecule has 1 N–H and O–H groups in total. The van der Waals surface area contributed by atoms with Crippen LogP contribution in [0.5, 0.6) is 0 Å². The summed E-state index contributed by atoms with van der Waals surface area (Å²) in [6, 6.07) is 5.85. The van der Waals surface area contributed by atoms with Crippen molar-refractivity contribution >= 4 is 28.3 Å². The van der Waals surface area contributed by atoms with Crippen molar-refractivity contribution in [3.8, 4) is 0 Å². The van der Waals surface area contributed by atoms with Gasteiger partial charge in [-0.1, -0.05) is 12.8 Å². The van der Waals surface area contributed by atoms with Gasteiger partial charge in [0.2, 0.25) is 5.91 Å². The number of carbonyl (C=O) groups is 1. The minimum atomic E-state index is -0.548. The molecular formula is C18H18N6O4. The normalized spacial score (nSPS) is 14.4. The molecule has 10 heteroatoms. The maximum atomic E-state index is 12.6. The van der Waals surface area contributed by atoms with Crippen molar-refractivity contribution in [1.82, 2.24) is 19.3 Å². The highest BCUT2D eigenvalue weighted by molar-refractivity contribution is 5.90. The van der Waals surface area contributed by atoms with Gasteiger partial charge in [0, 0.05) is 18.2 Å². The van der Waals surface area contributed by atoms with E-state index in [1.807, 2.05) is 4.68 Å². The molecule has 2 aromatic heterocycles. The second-order valence-electron chi connectivity index (χ2n) is 6.78. The van der Waals surface area contributed by atoms with E-state index in [9.17, 15) is 19.7 Å². The molecule has 0 spiro atoms. The van der Waals surface area contributed by atoms with Crippen LogP contribution in [0.15, 0.2) is 41.6 Å². The van der Waals surface area contributed by atoms with Gasteiger partial charge in [-0.2, -0.15) is 5.10 Å². The van der Waals surface area contributed by atoms with Crippen LogP contribution < -0.4 is 10.9 Å². The van der Waals surface area contributed by atoms with Crippen LogP contribution >= 0.6 is 0 Å². The minimum absolute atomic E-state index is 0.143. The highest BCUT2D eigenvalue weighted by atomic mass is 16.6. The number of benzene rings is 1. The molecule has 1 aliphatic rings. The molecule has 1 saturated carbocycles. The molecule has 144 valence electrons. The topological polar surface area (TPSA) is 125 Å². The van der Waals surface area contributed by atoms with E-state index in [-0.39, 0.29) is 35.1 Å². The van der Waals surface area contributed by atoms with E-state index in [1.54, 1.807) is 12.3 Å². The van der Waals surface area contributed by atoms with Gasteiger partial charge < -0.3 is 5.32 Å². The van der Waals surface area contributed by atoms with Gasteiger partial charge in [0.15, 0.2) is 0 Å². The van der Waals surface area contributed by atoms with Crippen LogP contribution in [0, 0.1) is 10.1 Å². The molecule has 1 aromatic carbocycles. The lowest BCUT2D eigenvalue weighted by Crippen LogP contribution is -2.28. The summed E-state index contributed by atoms with van der Waals surface area (Å²) in [6.45, 7) is -0.214. The SMILES string of the molecule is O=C(Cn1cnc2cc([N+](=O)[O-])ccc2c1=O)Nc1ccnn1C1CCCC1. The van der Waals surface area contributed by atoms with Crippen molar-refractivity contribution in [2.75, 3.05) is 5.32 Å². The first kappa shape index (κ1) is 17.8. The van der Waals surface area contributed by atoms with Crippen molar-refractivity contribution in [3.05, 3.63) is 57.3 Å². The third kappa shape index (κ3) is 3.36. The fourth-order valence-corrected chi connectivity index (χ4v) is 3.56. The van der Waals surface area contributed by atoms with Crippen LogP contribution in [0.3, 0.4) is 0 Å². The van der Waals surface area contributed by atoms with Gasteiger partial charge in [-0.05, 0) is 18.9 Å². The van der Waals surface area contributed by atoms with Crippen LogP contribution in [0.4, 0.5) is 11.5 Å². The van der Waals surface area contributed by atoms with E-state index in [1.165, 1.54) is 29.1 Å². The number of hydrogen-bond acceptors (Lipinski definition) is 6. The lowest BCUT2D eigenvalue weighted by molar-refractivity contribution is -0.384. The van der Waals surface area contributed by atoms with Gasteiger partial charge in [0.25, 0.3) is 11.2 Å². The van der Waals surface area contributed by atoms with E-state index in [2.05, 4.69) is 15.4 Å². The van der Waals surface area contributed by atoms with Gasteiger partial charge in [-0.15, -0.1) is 0 Å². The van der Waals surface area contributed by atoms with E-state index in [4.69, 9.17) is 0 Å². The molecule has 0 radical (unpaired) electrons. The molecule has 28 heavy (non-hydrogen) atoms. The Morgan fingerprint density at radius 3 is 2.82 bits per heavy atom. The highest BCUT2D eigenvalue weighted by Crippen LogP contribution is 2.31. The van der Waals surface area contributed by atoms with Gasteiger partial charge in [-0.25, -0.2) is 9.67 Å². The van der Waals surface area contributed by atoms with Crippen molar-refractivity contribution in [3.63, 3.8) is 0 Å². The first-order valence-corrected chi connectivity index (χ1v) is 9.00. The Morgan fingerprint density at radius 1 is 1.29 bits per heavy atom. The molecule has 10 nitrogen and oxygen atoms in total. The second-order valence-corrected chi connectivity index (χ2v) is 6.78. The molecule has 1 aliphatic carbocycles. The van der Waals surface area contributed by atoms with E-state index < -0.39 is 10.5 Å². The summed E-state index contributed by atoms with van der Waals surface area (Å²) in [5, 5.41) is 18.2. The fourth-order valence-electron chi connectivity index (χ4n) is 3.56. The molecule has 0 atom stereocenters. The Balaban J connectivity index is 1.53. The Bertz CT molecular complexity index is 1110. The van der Waals surface area contributed by atoms with Crippen LogP contribution in [0.25, 0.3) is 10.9 Å². The maximum absolute atomic E-state index is 12.6. The zero-order valence-corrected chi connectivity index (χ0v) is 14.9. The number of nitrogens with one attached hydrogen (secondary N) is 1. The third-order valence-corrected chi connectivity index (χ3v) is 4.94. The molecule has 4 rings (SSSR count). The smallest absolute Gasteiger partial charge is 0.271 e. The summed E-state index contributed by atoms with van der Waals surface area (Å²) < 4.78 is 3.01. The zero-order valence-electron chi connectivity index (χ0n) is 14.9. The quantitative estimate of drug-likeness (QED) is 0.533. The molecule has 3 aromatic rings. The number of non-ortho nitro benzene ring substituents is 1. The van der Waals surface area contributed by atoms with E-state index >= 15 is 0 Å². The van der Waals surface area contributed by atoms with Crippen molar-refractivity contribution < 1.29 is 9.72 Å². The summed E-state index contributed by atoms with van der Waals surface area (Å²) in [5.41, 5.74) is -0.357. The second kappa shape index (κ2) is 7.22. The molecule has 1 amide bonds. The number of fused-ring (bicyclic) bond motifs is 1. The molecular weight excluding hydrogens is 364 g/mol. The number of nitro benzene ring substituents is 1. The standard InChI is InChI=1S/C18H18N6O4/c25-17(21-16-7-8-20-23(16)12-3-1-2-4-12)10-22-11-19-15-9-13(24(27)28)5-6-14(15)18(22)26/h5-9,11-12H,1-4,10H2,(H,21,25). The van der Waals surface area contributed by atoms with E-state index in [0.717, 1.165) is 25.7 Å². The summed E-state index contributed by atoms with van der Waals surface area (Å²) in [5.74, 6) is 0.235. The lowest BCUT2D eigenvalue weighted by Gasteiger charge is -2.15. The summed E-state index contributed by atoms with van der Waals surface area (Å²) in [4.78, 5) is 39.4. The molecule has 0 bridgehead atoms. The van der Waals surface area contributed by atoms with E-state index in [0.29, 0.717) is 5.82 Å². The van der Waals surface area contributed by atoms with Crippen molar-refractivity contribution in [1.29, 1.82) is 0 Å². The third-order valence-electron chi connectivity index (χ3n) is 4.94. The Kier molecular flexibility index (Phi) is 4.60. The number of nitrogens with zero attached hydrogens (tertiary/aromatic N) is 5. The van der Waals surface area contributed by atoms with Crippen molar-refractivity contribution in [2.24, 2.45) is 0 Å². The Hall–Kier alpha value is -3.56. The summed E-state index contributed by atoms with van der Waals surface area (Å²) >= 11 is 0. The molecule has 0 saturated heterocycles. The van der Waals surface area contributed by atoms with Crippen LogP contribution in [-0.2, 0) is 11.3 Å². The van der Waals surface area contributed by atoms with Crippen LogP contribution in [0.1, 0.15) is 31.7 Å². The molecule has 0 aliphatic heterocycles. The van der Waals surface area contributed by atoms with Gasteiger partial charge in [0.1, 0.15) is 12.4 Å². The number of hydrogen-bond donors (Lipinski definition) is 1. The summed E-state index contributed by atoms with van der Waals surface area (Å²) in [7, 11) is 0. The first-order chi connectivity index (χ1) is 13.5. The number of rotatable bonds is 5. The zero-order chi connectivity index (χ0) is 19.7. The maximum Gasteiger partial charge on any atom is 0.271 e. The average Bonchev–Trinajstić information content (AvgIpc) is 3.35. The molecule has 1 fully saturated rings. The first-order valence-electron chi connectivity index (χ1n) is 9.00. The predicted octanol–water partition coefficient (Wildman–Crippen LogP) is 2.25. The fraction of sp³-hybridized carbons (Fsp3) is 0.333. The highest BCUT2D eigenvalue weighted by Gasteiger charge is 2.20. The van der Waals surface area contributed by atoms with Gasteiger partial charge in [-0.3, -0.25) is 24.3 Å². The number of anilines is 1. The Labute approximate surface area is 159 Å². The predicted molar refractivity (Wildman–Crippen MR) is 101 cm³/mol. The minimum Gasteiger partial charge on any atom is -0.309 e. The van der Waals surface area contributed by atoms with Gasteiger partial charge >= 0.3 is 0 Å². The average molecular weight is 382 g/mol. The number of amides is 1. The molecule has 0 unspecified atom stereocenters. The lowest BCUT2D eigenvalue weighted by atomic mass is 10.2. The monoisotopic (exact) mass is 382 g/mol. The Morgan fingerprint density at radius 2 is 2.07 bits per heavy atom. The van der Waals surface area contributed by atoms with Crippen LogP contribution in [-0.4, -0.2) is 30.2 Å². The summed E-state index contributed by atoms with van der Waals surface area (Å²) in [6.07, 6.45) is 7.23. The number of aromatic nitrogens is 4. The van der Waals surface area contributed by atoms with Gasteiger partial charge in [0.05, 0.1) is 34.4 Å². The van der Waals surface area contributed by atoms with Crippen LogP contribution in [0.2, 0.25) is 0 Å². The van der Waals surface area contributed by atoms with Crippen molar-refractivity contribution in [2.45, 2.75) is 38.3 Å². The molecule has 2 heterocycles. The number of carbonyl (C=O) groups excluding carboxylic acids is 1.